The number of ether oxygens (including phenoxy) is 1. The Morgan fingerprint density at radius 3 is 2.35 bits per heavy atom. The van der Waals surface area contributed by atoms with E-state index in [1.165, 1.54) is 44.9 Å². The van der Waals surface area contributed by atoms with Gasteiger partial charge in [0, 0.05) is 24.8 Å². The van der Waals surface area contributed by atoms with Crippen LogP contribution < -0.4 is 5.32 Å². The van der Waals surface area contributed by atoms with Crippen LogP contribution in [0.2, 0.25) is 0 Å². The van der Waals surface area contributed by atoms with Crippen LogP contribution in [0.25, 0.3) is 0 Å². The molecule has 1 rings (SSSR count). The van der Waals surface area contributed by atoms with Crippen LogP contribution in [0.15, 0.2) is 12.2 Å². The fourth-order valence-corrected chi connectivity index (χ4v) is 3.40. The molecule has 1 aliphatic rings. The largest absolute Gasteiger partial charge is 0.456 e. The maximum absolute atomic E-state index is 12.0. The van der Waals surface area contributed by atoms with Crippen molar-refractivity contribution >= 4 is 5.97 Å². The van der Waals surface area contributed by atoms with Gasteiger partial charge < -0.3 is 10.1 Å². The quantitative estimate of drug-likeness (QED) is 0.355. The van der Waals surface area contributed by atoms with Crippen LogP contribution in [0, 0.1) is 5.92 Å². The van der Waals surface area contributed by atoms with Crippen molar-refractivity contribution in [3.63, 3.8) is 0 Å². The first-order chi connectivity index (χ1) is 11.1. The molecule has 0 spiro atoms. The lowest BCUT2D eigenvalue weighted by atomic mass is 9.83. The zero-order valence-corrected chi connectivity index (χ0v) is 15.6. The van der Waals surface area contributed by atoms with E-state index < -0.39 is 0 Å². The van der Waals surface area contributed by atoms with Crippen LogP contribution in [-0.4, -0.2) is 24.7 Å². The number of hydrogen-bond donors (Lipinski definition) is 1. The van der Waals surface area contributed by atoms with Crippen molar-refractivity contribution in [2.24, 2.45) is 5.92 Å². The Morgan fingerprint density at radius 1 is 1.09 bits per heavy atom. The van der Waals surface area contributed by atoms with Gasteiger partial charge in [0.05, 0.1) is 13.1 Å². The van der Waals surface area contributed by atoms with E-state index in [-0.39, 0.29) is 11.6 Å². The Hall–Kier alpha value is -0.830. The van der Waals surface area contributed by atoms with E-state index in [0.717, 1.165) is 32.4 Å². The molecule has 0 saturated carbocycles. The minimum Gasteiger partial charge on any atom is -0.456 e. The zero-order valence-electron chi connectivity index (χ0n) is 15.6. The van der Waals surface area contributed by atoms with Gasteiger partial charge in [-0.15, -0.1) is 0 Å². The molecule has 3 nitrogen and oxygen atoms in total. The Morgan fingerprint density at radius 2 is 1.70 bits per heavy atom. The SMILES string of the molecule is CCCCCCCCC/C=C/C(=O)OC(C)(C)C1CC[NH2+]CC1. The highest BCUT2D eigenvalue weighted by atomic mass is 16.6. The molecule has 23 heavy (non-hydrogen) atoms. The fraction of sp³-hybridized carbons (Fsp3) is 0.850. The minimum absolute atomic E-state index is 0.174. The third-order valence-corrected chi connectivity index (χ3v) is 5.01. The topological polar surface area (TPSA) is 42.9 Å². The van der Waals surface area contributed by atoms with Crippen LogP contribution in [0.1, 0.15) is 85.0 Å². The summed E-state index contributed by atoms with van der Waals surface area (Å²) in [5.74, 6) is 0.320. The summed E-state index contributed by atoms with van der Waals surface area (Å²) in [4.78, 5) is 12.0. The average molecular weight is 325 g/mol. The van der Waals surface area contributed by atoms with Crippen LogP contribution in [0.4, 0.5) is 0 Å². The van der Waals surface area contributed by atoms with Crippen molar-refractivity contribution in [2.45, 2.75) is 90.6 Å². The van der Waals surface area contributed by atoms with Gasteiger partial charge in [0.2, 0.25) is 0 Å². The van der Waals surface area contributed by atoms with Crippen LogP contribution in [0.3, 0.4) is 0 Å². The molecule has 1 fully saturated rings. The number of esters is 1. The summed E-state index contributed by atoms with van der Waals surface area (Å²) in [7, 11) is 0. The molecule has 1 saturated heterocycles. The third kappa shape index (κ3) is 9.14. The normalized spacial score (nSPS) is 16.8. The third-order valence-electron chi connectivity index (χ3n) is 5.01. The van der Waals surface area contributed by atoms with Gasteiger partial charge in [-0.2, -0.15) is 0 Å². The first-order valence-corrected chi connectivity index (χ1v) is 9.77. The van der Waals surface area contributed by atoms with E-state index in [1.807, 2.05) is 6.08 Å². The Kier molecular flexibility index (Phi) is 10.3. The number of allylic oxidation sites excluding steroid dienone is 1. The number of hydrogen-bond acceptors (Lipinski definition) is 2. The van der Waals surface area contributed by atoms with Crippen LogP contribution in [-0.2, 0) is 9.53 Å². The first-order valence-electron chi connectivity index (χ1n) is 9.77. The number of rotatable bonds is 11. The summed E-state index contributed by atoms with van der Waals surface area (Å²) in [6, 6.07) is 0. The second-order valence-corrected chi connectivity index (χ2v) is 7.48. The smallest absolute Gasteiger partial charge is 0.330 e. The lowest BCUT2D eigenvalue weighted by molar-refractivity contribution is -0.665. The summed E-state index contributed by atoms with van der Waals surface area (Å²) in [6.07, 6.45) is 16.0. The van der Waals surface area contributed by atoms with E-state index in [1.54, 1.807) is 6.08 Å². The number of quaternary nitrogens is 1. The minimum atomic E-state index is -0.338. The van der Waals surface area contributed by atoms with Crippen molar-refractivity contribution in [3.8, 4) is 0 Å². The highest BCUT2D eigenvalue weighted by Gasteiger charge is 2.34. The molecular formula is C20H38NO2+. The maximum Gasteiger partial charge on any atom is 0.330 e. The number of carbonyl (C=O) groups is 1. The fourth-order valence-electron chi connectivity index (χ4n) is 3.40. The van der Waals surface area contributed by atoms with Gasteiger partial charge in [0.25, 0.3) is 0 Å². The molecule has 0 aromatic rings. The van der Waals surface area contributed by atoms with Gasteiger partial charge in [-0.1, -0.05) is 51.5 Å². The van der Waals surface area contributed by atoms with E-state index in [0.29, 0.717) is 5.92 Å². The lowest BCUT2D eigenvalue weighted by Gasteiger charge is -2.35. The van der Waals surface area contributed by atoms with E-state index in [9.17, 15) is 4.79 Å². The summed E-state index contributed by atoms with van der Waals surface area (Å²) >= 11 is 0. The molecule has 0 aromatic heterocycles. The molecule has 0 radical (unpaired) electrons. The lowest BCUT2D eigenvalue weighted by Crippen LogP contribution is -2.86. The van der Waals surface area contributed by atoms with Crippen molar-refractivity contribution in [1.82, 2.24) is 0 Å². The molecule has 0 aliphatic carbocycles. The zero-order chi connectivity index (χ0) is 17.0. The van der Waals surface area contributed by atoms with Gasteiger partial charge in [0.15, 0.2) is 0 Å². The second kappa shape index (κ2) is 11.7. The summed E-state index contributed by atoms with van der Waals surface area (Å²) in [5, 5.41) is 2.34. The Bertz CT molecular complexity index is 344. The average Bonchev–Trinajstić information content (AvgIpc) is 2.54. The molecule has 0 atom stereocenters. The summed E-state index contributed by atoms with van der Waals surface area (Å²) in [5.41, 5.74) is -0.338. The van der Waals surface area contributed by atoms with Gasteiger partial charge in [-0.05, 0) is 26.7 Å². The Labute approximate surface area is 143 Å². The standard InChI is InChI=1S/C20H37NO2/c1-4-5-6-7-8-9-10-11-12-13-19(22)23-20(2,3)18-14-16-21-17-15-18/h12-13,18,21H,4-11,14-17H2,1-3H3/p+1/b13-12+. The van der Waals surface area contributed by atoms with Crippen LogP contribution >= 0.6 is 0 Å². The summed E-state index contributed by atoms with van der Waals surface area (Å²) in [6.45, 7) is 8.67. The monoisotopic (exact) mass is 324 g/mol. The van der Waals surface area contributed by atoms with E-state index in [4.69, 9.17) is 4.74 Å². The predicted molar refractivity (Wildman–Crippen MR) is 96.3 cm³/mol. The highest BCUT2D eigenvalue weighted by Crippen LogP contribution is 2.28. The van der Waals surface area contributed by atoms with E-state index >= 15 is 0 Å². The van der Waals surface area contributed by atoms with Gasteiger partial charge in [-0.3, -0.25) is 0 Å². The molecule has 1 heterocycles. The number of carbonyl (C=O) groups excluding carboxylic acids is 1. The van der Waals surface area contributed by atoms with Crippen molar-refractivity contribution < 1.29 is 14.8 Å². The number of nitrogens with two attached hydrogens (primary N) is 1. The number of piperidine rings is 1. The van der Waals surface area contributed by atoms with Gasteiger partial charge in [0.1, 0.15) is 5.60 Å². The second-order valence-electron chi connectivity index (χ2n) is 7.48. The van der Waals surface area contributed by atoms with E-state index in [2.05, 4.69) is 26.1 Å². The Balaban J connectivity index is 2.12. The summed E-state index contributed by atoms with van der Waals surface area (Å²) < 4.78 is 5.71. The molecule has 0 aromatic carbocycles. The molecule has 3 heteroatoms. The molecule has 2 N–H and O–H groups in total. The van der Waals surface area contributed by atoms with Crippen molar-refractivity contribution in [2.75, 3.05) is 13.1 Å². The van der Waals surface area contributed by atoms with Crippen molar-refractivity contribution in [1.29, 1.82) is 0 Å². The van der Waals surface area contributed by atoms with Crippen LogP contribution in [0.5, 0.6) is 0 Å². The predicted octanol–water partition coefficient (Wildman–Crippen LogP) is 3.98. The van der Waals surface area contributed by atoms with Gasteiger partial charge >= 0.3 is 5.97 Å². The van der Waals surface area contributed by atoms with Gasteiger partial charge in [-0.25, -0.2) is 4.79 Å². The first kappa shape index (κ1) is 20.2. The molecular weight excluding hydrogens is 286 g/mol. The molecule has 0 unspecified atom stereocenters. The molecule has 1 aliphatic heterocycles. The maximum atomic E-state index is 12.0. The highest BCUT2D eigenvalue weighted by molar-refractivity contribution is 5.82. The molecule has 0 bridgehead atoms. The van der Waals surface area contributed by atoms with Crippen molar-refractivity contribution in [3.05, 3.63) is 12.2 Å². The molecule has 134 valence electrons. The number of unbranched alkanes of at least 4 members (excludes halogenated alkanes) is 7. The molecule has 0 amide bonds.